The number of aryl methyl sites for hydroxylation is 1. The number of para-hydroxylation sites is 1. The van der Waals surface area contributed by atoms with Crippen molar-refractivity contribution in [3.8, 4) is 0 Å². The molecule has 0 aliphatic carbocycles. The van der Waals surface area contributed by atoms with Gasteiger partial charge in [-0.05, 0) is 42.3 Å². The summed E-state index contributed by atoms with van der Waals surface area (Å²) in [7, 11) is 0. The molecule has 30 heavy (non-hydrogen) atoms. The quantitative estimate of drug-likeness (QED) is 0.690. The molecule has 2 aromatic carbocycles. The van der Waals surface area contributed by atoms with Gasteiger partial charge >= 0.3 is 0 Å². The monoisotopic (exact) mass is 409 g/mol. The molecule has 1 aliphatic heterocycles. The molecule has 0 radical (unpaired) electrons. The molecule has 1 atom stereocenters. The highest BCUT2D eigenvalue weighted by Gasteiger charge is 2.25. The van der Waals surface area contributed by atoms with E-state index in [4.69, 9.17) is 0 Å². The molecule has 2 heterocycles. The summed E-state index contributed by atoms with van der Waals surface area (Å²) < 4.78 is 27.9. The molecule has 156 valence electrons. The summed E-state index contributed by atoms with van der Waals surface area (Å²) in [5.41, 5.74) is 3.52. The third-order valence-corrected chi connectivity index (χ3v) is 5.53. The van der Waals surface area contributed by atoms with Crippen molar-refractivity contribution >= 4 is 5.69 Å². The van der Waals surface area contributed by atoms with Crippen LogP contribution in [-0.4, -0.2) is 41.2 Å². The van der Waals surface area contributed by atoms with Crippen LogP contribution in [0.5, 0.6) is 0 Å². The number of aliphatic hydroxyl groups is 1. The van der Waals surface area contributed by atoms with Gasteiger partial charge < -0.3 is 10.0 Å². The number of anilines is 1. The number of hydrogen-bond acceptors (Lipinski definition) is 4. The molecule has 3 aromatic rings. The highest BCUT2D eigenvalue weighted by Crippen LogP contribution is 2.33. The fraction of sp³-hybridized carbons (Fsp3) is 0.292. The molecule has 4 rings (SSSR count). The van der Waals surface area contributed by atoms with E-state index >= 15 is 0 Å². The van der Waals surface area contributed by atoms with Gasteiger partial charge in [-0.1, -0.05) is 30.3 Å². The zero-order valence-electron chi connectivity index (χ0n) is 16.9. The largest absolute Gasteiger partial charge is 0.382 e. The van der Waals surface area contributed by atoms with E-state index in [9.17, 15) is 13.9 Å². The van der Waals surface area contributed by atoms with Crippen molar-refractivity contribution in [3.63, 3.8) is 0 Å². The lowest BCUT2D eigenvalue weighted by Gasteiger charge is -2.37. The summed E-state index contributed by atoms with van der Waals surface area (Å²) in [6, 6.07) is 15.0. The summed E-state index contributed by atoms with van der Waals surface area (Å²) in [5.74, 6) is -0.581. The van der Waals surface area contributed by atoms with Gasteiger partial charge in [-0.15, -0.1) is 0 Å². The molecule has 1 unspecified atom stereocenters. The standard InChI is InChI=1S/C24H25F2N3O/c1-17-5-10-22(27-15-17)24(30)20-3-2-4-21(26)23(20)29-13-11-28(12-14-29)16-18-6-8-19(25)9-7-18/h2-10,15,24,30H,11-14,16H2,1H3. The summed E-state index contributed by atoms with van der Waals surface area (Å²) in [4.78, 5) is 8.57. The number of benzene rings is 2. The van der Waals surface area contributed by atoms with Crippen LogP contribution in [0, 0.1) is 18.6 Å². The average Bonchev–Trinajstić information content (AvgIpc) is 2.76. The van der Waals surface area contributed by atoms with Gasteiger partial charge in [0, 0.05) is 44.5 Å². The minimum absolute atomic E-state index is 0.239. The number of aliphatic hydroxyl groups excluding tert-OH is 1. The Labute approximate surface area is 175 Å². The molecule has 1 fully saturated rings. The van der Waals surface area contributed by atoms with Gasteiger partial charge in [0.05, 0.1) is 11.4 Å². The summed E-state index contributed by atoms with van der Waals surface area (Å²) in [5, 5.41) is 10.9. The number of hydrogen-bond donors (Lipinski definition) is 1. The van der Waals surface area contributed by atoms with Gasteiger partial charge in [0.25, 0.3) is 0 Å². The first-order valence-corrected chi connectivity index (χ1v) is 10.1. The van der Waals surface area contributed by atoms with Gasteiger partial charge in [0.2, 0.25) is 0 Å². The lowest BCUT2D eigenvalue weighted by Crippen LogP contribution is -2.46. The number of halogens is 2. The molecular formula is C24H25F2N3O. The molecule has 0 bridgehead atoms. The van der Waals surface area contributed by atoms with Crippen LogP contribution in [0.1, 0.15) is 28.5 Å². The Balaban J connectivity index is 1.49. The minimum atomic E-state index is -0.992. The van der Waals surface area contributed by atoms with Gasteiger partial charge in [-0.2, -0.15) is 0 Å². The number of piperazine rings is 1. The Morgan fingerprint density at radius 1 is 0.967 bits per heavy atom. The van der Waals surface area contributed by atoms with Gasteiger partial charge in [-0.25, -0.2) is 8.78 Å². The number of nitrogens with zero attached hydrogens (tertiary/aromatic N) is 3. The molecular weight excluding hydrogens is 384 g/mol. The van der Waals surface area contributed by atoms with Gasteiger partial charge in [0.1, 0.15) is 17.7 Å². The van der Waals surface area contributed by atoms with Crippen molar-refractivity contribution in [2.75, 3.05) is 31.1 Å². The number of pyridine rings is 1. The second-order valence-corrected chi connectivity index (χ2v) is 7.73. The van der Waals surface area contributed by atoms with Crippen LogP contribution in [0.25, 0.3) is 0 Å². The Morgan fingerprint density at radius 2 is 1.70 bits per heavy atom. The second-order valence-electron chi connectivity index (χ2n) is 7.73. The Bertz CT molecular complexity index is 984. The minimum Gasteiger partial charge on any atom is -0.382 e. The molecule has 1 N–H and O–H groups in total. The lowest BCUT2D eigenvalue weighted by molar-refractivity contribution is 0.213. The van der Waals surface area contributed by atoms with Crippen LogP contribution in [0.15, 0.2) is 60.8 Å². The predicted molar refractivity (Wildman–Crippen MR) is 113 cm³/mol. The maximum atomic E-state index is 14.8. The van der Waals surface area contributed by atoms with E-state index in [-0.39, 0.29) is 11.6 Å². The molecule has 6 heteroatoms. The zero-order chi connectivity index (χ0) is 21.1. The van der Waals surface area contributed by atoms with E-state index < -0.39 is 6.10 Å². The van der Waals surface area contributed by atoms with Crippen molar-refractivity contribution in [3.05, 3.63) is 94.8 Å². The molecule has 0 spiro atoms. The Morgan fingerprint density at radius 3 is 2.37 bits per heavy atom. The fourth-order valence-corrected chi connectivity index (χ4v) is 3.86. The van der Waals surface area contributed by atoms with Crippen LogP contribution < -0.4 is 4.90 Å². The molecule has 1 aliphatic rings. The highest BCUT2D eigenvalue weighted by atomic mass is 19.1. The third-order valence-electron chi connectivity index (χ3n) is 5.53. The Kier molecular flexibility index (Phi) is 6.06. The smallest absolute Gasteiger partial charge is 0.146 e. The molecule has 0 amide bonds. The second kappa shape index (κ2) is 8.90. The fourth-order valence-electron chi connectivity index (χ4n) is 3.86. The summed E-state index contributed by atoms with van der Waals surface area (Å²) >= 11 is 0. The molecule has 0 saturated carbocycles. The first kappa shape index (κ1) is 20.4. The van der Waals surface area contributed by atoms with Crippen molar-refractivity contribution in [1.82, 2.24) is 9.88 Å². The highest BCUT2D eigenvalue weighted by molar-refractivity contribution is 5.57. The number of aromatic nitrogens is 1. The van der Waals surface area contributed by atoms with Gasteiger partial charge in [0.15, 0.2) is 0 Å². The molecule has 1 aromatic heterocycles. The lowest BCUT2D eigenvalue weighted by atomic mass is 10.0. The van der Waals surface area contributed by atoms with Crippen LogP contribution in [0.3, 0.4) is 0 Å². The van der Waals surface area contributed by atoms with E-state index in [0.717, 1.165) is 30.8 Å². The van der Waals surface area contributed by atoms with Crippen molar-refractivity contribution < 1.29 is 13.9 Å². The van der Waals surface area contributed by atoms with E-state index in [1.807, 2.05) is 17.9 Å². The van der Waals surface area contributed by atoms with E-state index in [1.165, 1.54) is 18.2 Å². The summed E-state index contributed by atoms with van der Waals surface area (Å²) in [6.07, 6.45) is 0.708. The maximum Gasteiger partial charge on any atom is 0.146 e. The van der Waals surface area contributed by atoms with Crippen LogP contribution in [-0.2, 0) is 6.54 Å². The van der Waals surface area contributed by atoms with Gasteiger partial charge in [-0.3, -0.25) is 9.88 Å². The normalized spacial score (nSPS) is 15.9. The maximum absolute atomic E-state index is 14.8. The first-order valence-electron chi connectivity index (χ1n) is 10.1. The van der Waals surface area contributed by atoms with E-state index in [2.05, 4.69) is 9.88 Å². The average molecular weight is 409 g/mol. The van der Waals surface area contributed by atoms with Crippen LogP contribution >= 0.6 is 0 Å². The number of rotatable bonds is 5. The third kappa shape index (κ3) is 4.50. The zero-order valence-corrected chi connectivity index (χ0v) is 16.9. The van der Waals surface area contributed by atoms with Crippen molar-refractivity contribution in [2.45, 2.75) is 19.6 Å². The summed E-state index contributed by atoms with van der Waals surface area (Å²) in [6.45, 7) is 5.46. The van der Waals surface area contributed by atoms with Crippen LogP contribution in [0.4, 0.5) is 14.5 Å². The van der Waals surface area contributed by atoms with E-state index in [0.29, 0.717) is 30.0 Å². The molecule has 1 saturated heterocycles. The Hall–Kier alpha value is -2.83. The first-order chi connectivity index (χ1) is 14.5. The van der Waals surface area contributed by atoms with Crippen molar-refractivity contribution in [1.29, 1.82) is 0 Å². The predicted octanol–water partition coefficient (Wildman–Crippen LogP) is 4.07. The topological polar surface area (TPSA) is 39.6 Å². The molecule has 4 nitrogen and oxygen atoms in total. The van der Waals surface area contributed by atoms with E-state index in [1.54, 1.807) is 36.5 Å². The van der Waals surface area contributed by atoms with Crippen LogP contribution in [0.2, 0.25) is 0 Å². The SMILES string of the molecule is Cc1ccc(C(O)c2cccc(F)c2N2CCN(Cc3ccc(F)cc3)CC2)nc1. The van der Waals surface area contributed by atoms with Crippen molar-refractivity contribution in [2.24, 2.45) is 0 Å².